The van der Waals surface area contributed by atoms with Crippen molar-refractivity contribution < 1.29 is 10.0 Å². The second-order valence-electron chi connectivity index (χ2n) is 5.17. The molecule has 0 fully saturated rings. The topological polar surface area (TPSA) is 75.4 Å². The zero-order chi connectivity index (χ0) is 14.4. The Morgan fingerprint density at radius 1 is 1.26 bits per heavy atom. The van der Waals surface area contributed by atoms with Crippen molar-refractivity contribution in [1.29, 1.82) is 0 Å². The van der Waals surface area contributed by atoms with E-state index in [-0.39, 0.29) is 17.8 Å². The first kappa shape index (κ1) is 15.6. The molecule has 5 nitrogen and oxygen atoms in total. The van der Waals surface area contributed by atoms with E-state index in [9.17, 15) is 15.2 Å². The molecule has 0 heterocycles. The van der Waals surface area contributed by atoms with Crippen molar-refractivity contribution in [2.45, 2.75) is 39.3 Å². The molecule has 0 saturated heterocycles. The van der Waals surface area contributed by atoms with Crippen molar-refractivity contribution in [2.24, 2.45) is 5.92 Å². The van der Waals surface area contributed by atoms with Crippen LogP contribution in [0.3, 0.4) is 0 Å². The van der Waals surface area contributed by atoms with Gasteiger partial charge in [-0.25, -0.2) is 0 Å². The average Bonchev–Trinajstić information content (AvgIpc) is 2.35. The van der Waals surface area contributed by atoms with Crippen LogP contribution in [0.1, 0.15) is 38.8 Å². The van der Waals surface area contributed by atoms with Gasteiger partial charge in [-0.2, -0.15) is 0 Å². The van der Waals surface area contributed by atoms with Crippen molar-refractivity contribution in [3.63, 3.8) is 0 Å². The monoisotopic (exact) mass is 266 g/mol. The number of benzene rings is 1. The van der Waals surface area contributed by atoms with E-state index in [0.717, 1.165) is 18.5 Å². The Hall–Kier alpha value is -1.46. The molecule has 0 aliphatic heterocycles. The lowest BCUT2D eigenvalue weighted by Crippen LogP contribution is -2.26. The summed E-state index contributed by atoms with van der Waals surface area (Å²) < 4.78 is 0. The Labute approximate surface area is 113 Å². The summed E-state index contributed by atoms with van der Waals surface area (Å²) in [6.45, 7) is 6.71. The van der Waals surface area contributed by atoms with Gasteiger partial charge >= 0.3 is 0 Å². The quantitative estimate of drug-likeness (QED) is 0.587. The number of nitrogens with one attached hydrogen (secondary N) is 1. The van der Waals surface area contributed by atoms with Crippen molar-refractivity contribution in [3.8, 4) is 0 Å². The lowest BCUT2D eigenvalue weighted by molar-refractivity contribution is -0.384. The molecule has 0 aromatic heterocycles. The Morgan fingerprint density at radius 2 is 1.84 bits per heavy atom. The molecule has 0 radical (unpaired) electrons. The SMILES string of the molecule is C[C@H](CN[C@H](C)c1ccc([N+](=O)[O-])cc1)C[C@H](C)O. The van der Waals surface area contributed by atoms with Crippen LogP contribution in [-0.4, -0.2) is 22.7 Å². The van der Waals surface area contributed by atoms with E-state index in [1.54, 1.807) is 19.1 Å². The second-order valence-corrected chi connectivity index (χ2v) is 5.17. The first-order chi connectivity index (χ1) is 8.90. The number of aliphatic hydroxyl groups is 1. The van der Waals surface area contributed by atoms with E-state index in [0.29, 0.717) is 5.92 Å². The molecule has 19 heavy (non-hydrogen) atoms. The van der Waals surface area contributed by atoms with E-state index in [2.05, 4.69) is 12.2 Å². The van der Waals surface area contributed by atoms with Crippen molar-refractivity contribution >= 4 is 5.69 Å². The highest BCUT2D eigenvalue weighted by Crippen LogP contribution is 2.18. The third-order valence-electron chi connectivity index (χ3n) is 3.12. The molecule has 0 saturated carbocycles. The number of rotatable bonds is 7. The summed E-state index contributed by atoms with van der Waals surface area (Å²) in [5.74, 6) is 0.389. The normalized spacial score (nSPS) is 15.8. The fraction of sp³-hybridized carbons (Fsp3) is 0.571. The molecular weight excluding hydrogens is 244 g/mol. The Bertz CT molecular complexity index is 404. The summed E-state index contributed by atoms with van der Waals surface area (Å²) in [6, 6.07) is 6.72. The smallest absolute Gasteiger partial charge is 0.269 e. The number of hydrogen-bond acceptors (Lipinski definition) is 4. The Kier molecular flexibility index (Phi) is 5.92. The molecule has 0 bridgehead atoms. The highest BCUT2D eigenvalue weighted by Gasteiger charge is 2.11. The van der Waals surface area contributed by atoms with Gasteiger partial charge in [0.2, 0.25) is 0 Å². The molecule has 1 rings (SSSR count). The minimum atomic E-state index is -0.396. The van der Waals surface area contributed by atoms with Crippen molar-refractivity contribution in [1.82, 2.24) is 5.32 Å². The van der Waals surface area contributed by atoms with Gasteiger partial charge in [0.05, 0.1) is 11.0 Å². The first-order valence-electron chi connectivity index (χ1n) is 6.56. The van der Waals surface area contributed by atoms with Gasteiger partial charge in [-0.05, 0) is 38.3 Å². The molecule has 0 spiro atoms. The van der Waals surface area contributed by atoms with Crippen molar-refractivity contribution in [2.75, 3.05) is 6.54 Å². The van der Waals surface area contributed by atoms with Crippen LogP contribution in [-0.2, 0) is 0 Å². The van der Waals surface area contributed by atoms with Gasteiger partial charge in [-0.15, -0.1) is 0 Å². The average molecular weight is 266 g/mol. The minimum Gasteiger partial charge on any atom is -0.393 e. The predicted octanol–water partition coefficient (Wildman–Crippen LogP) is 2.65. The fourth-order valence-corrected chi connectivity index (χ4v) is 2.05. The molecule has 106 valence electrons. The van der Waals surface area contributed by atoms with Gasteiger partial charge in [-0.1, -0.05) is 19.1 Å². The molecule has 0 aliphatic carbocycles. The summed E-state index contributed by atoms with van der Waals surface area (Å²) in [5, 5.41) is 23.2. The number of aliphatic hydroxyl groups excluding tert-OH is 1. The van der Waals surface area contributed by atoms with Crippen LogP contribution in [0.2, 0.25) is 0 Å². The fourth-order valence-electron chi connectivity index (χ4n) is 2.05. The maximum Gasteiger partial charge on any atom is 0.269 e. The summed E-state index contributed by atoms with van der Waals surface area (Å²) >= 11 is 0. The van der Waals surface area contributed by atoms with Crippen LogP contribution >= 0.6 is 0 Å². The molecule has 5 heteroatoms. The van der Waals surface area contributed by atoms with Crippen molar-refractivity contribution in [3.05, 3.63) is 39.9 Å². The lowest BCUT2D eigenvalue weighted by Gasteiger charge is -2.19. The zero-order valence-corrected chi connectivity index (χ0v) is 11.7. The summed E-state index contributed by atoms with van der Waals surface area (Å²) in [6.07, 6.45) is 0.478. The van der Waals surface area contributed by atoms with E-state index in [1.807, 2.05) is 6.92 Å². The third kappa shape index (κ3) is 5.36. The zero-order valence-electron chi connectivity index (χ0n) is 11.7. The van der Waals surface area contributed by atoms with Crippen LogP contribution in [0.5, 0.6) is 0 Å². The number of nitro benzene ring substituents is 1. The van der Waals surface area contributed by atoms with E-state index >= 15 is 0 Å². The van der Waals surface area contributed by atoms with E-state index in [4.69, 9.17) is 0 Å². The molecule has 0 aliphatic rings. The Morgan fingerprint density at radius 3 is 2.32 bits per heavy atom. The van der Waals surface area contributed by atoms with Gasteiger partial charge in [0, 0.05) is 18.2 Å². The molecule has 0 amide bonds. The van der Waals surface area contributed by atoms with Crippen LogP contribution in [0, 0.1) is 16.0 Å². The van der Waals surface area contributed by atoms with Crippen LogP contribution < -0.4 is 5.32 Å². The van der Waals surface area contributed by atoms with E-state index in [1.165, 1.54) is 12.1 Å². The summed E-state index contributed by atoms with van der Waals surface area (Å²) in [5.41, 5.74) is 1.13. The molecule has 2 N–H and O–H groups in total. The van der Waals surface area contributed by atoms with Crippen LogP contribution in [0.4, 0.5) is 5.69 Å². The summed E-state index contributed by atoms with van der Waals surface area (Å²) in [7, 11) is 0. The first-order valence-corrected chi connectivity index (χ1v) is 6.56. The van der Waals surface area contributed by atoms with Crippen LogP contribution in [0.15, 0.2) is 24.3 Å². The van der Waals surface area contributed by atoms with Gasteiger partial charge in [-0.3, -0.25) is 10.1 Å². The van der Waals surface area contributed by atoms with Gasteiger partial charge in [0.15, 0.2) is 0 Å². The number of nitro groups is 1. The number of nitrogens with zero attached hydrogens (tertiary/aromatic N) is 1. The second kappa shape index (κ2) is 7.21. The Balaban J connectivity index is 2.49. The minimum absolute atomic E-state index is 0.110. The predicted molar refractivity (Wildman–Crippen MR) is 75.0 cm³/mol. The summed E-state index contributed by atoms with van der Waals surface area (Å²) in [4.78, 5) is 10.2. The third-order valence-corrected chi connectivity index (χ3v) is 3.12. The maximum atomic E-state index is 10.6. The highest BCUT2D eigenvalue weighted by molar-refractivity contribution is 5.33. The molecular formula is C14H22N2O3. The number of hydrogen-bond donors (Lipinski definition) is 2. The van der Waals surface area contributed by atoms with Gasteiger partial charge in [0.1, 0.15) is 0 Å². The highest BCUT2D eigenvalue weighted by atomic mass is 16.6. The van der Waals surface area contributed by atoms with Gasteiger partial charge < -0.3 is 10.4 Å². The van der Waals surface area contributed by atoms with Gasteiger partial charge in [0.25, 0.3) is 5.69 Å². The molecule has 1 aromatic rings. The molecule has 3 atom stereocenters. The molecule has 1 aromatic carbocycles. The lowest BCUT2D eigenvalue weighted by atomic mass is 10.0. The number of non-ortho nitro benzene ring substituents is 1. The maximum absolute atomic E-state index is 10.6. The largest absolute Gasteiger partial charge is 0.393 e. The van der Waals surface area contributed by atoms with E-state index < -0.39 is 4.92 Å². The molecule has 0 unspecified atom stereocenters. The standard InChI is InChI=1S/C14H22N2O3/c1-10(8-11(2)17)9-15-12(3)13-4-6-14(7-5-13)16(18)19/h4-7,10-12,15,17H,8-9H2,1-3H3/t10-,11-,12+/m0/s1. The van der Waals surface area contributed by atoms with Crippen LogP contribution in [0.25, 0.3) is 0 Å².